The summed E-state index contributed by atoms with van der Waals surface area (Å²) in [7, 11) is 0. The maximum Gasteiger partial charge on any atom is 0.126 e. The molecule has 0 spiro atoms. The Hall–Kier alpha value is -1.60. The Bertz CT molecular complexity index is 447. The summed E-state index contributed by atoms with van der Waals surface area (Å²) in [6.07, 6.45) is 2.54. The highest BCUT2D eigenvalue weighted by Crippen LogP contribution is 2.15. The zero-order chi connectivity index (χ0) is 13.0. The first-order chi connectivity index (χ1) is 8.67. The zero-order valence-electron chi connectivity index (χ0n) is 10.6. The van der Waals surface area contributed by atoms with Gasteiger partial charge < -0.3 is 10.2 Å². The van der Waals surface area contributed by atoms with Crippen molar-refractivity contribution in [2.24, 2.45) is 0 Å². The van der Waals surface area contributed by atoms with Gasteiger partial charge in [0.2, 0.25) is 0 Å². The first kappa shape index (κ1) is 12.8. The van der Waals surface area contributed by atoms with E-state index in [1.807, 2.05) is 6.07 Å². The lowest BCUT2D eigenvalue weighted by molar-refractivity contribution is 0.328. The molecule has 1 aromatic carbocycles. The van der Waals surface area contributed by atoms with Crippen molar-refractivity contribution in [3.63, 3.8) is 0 Å². The van der Waals surface area contributed by atoms with Gasteiger partial charge in [-0.3, -0.25) is 0 Å². The number of nitrogens with zero attached hydrogens (tertiary/aromatic N) is 2. The number of likely N-dealkylation sites (tertiary alicyclic amines) is 1. The van der Waals surface area contributed by atoms with E-state index < -0.39 is 0 Å². The van der Waals surface area contributed by atoms with E-state index in [1.54, 1.807) is 6.07 Å². The molecule has 0 radical (unpaired) electrons. The molecule has 0 saturated carbocycles. The molecule has 1 aliphatic rings. The number of anilines is 1. The number of nitrogens with one attached hydrogen (secondary N) is 1. The van der Waals surface area contributed by atoms with E-state index in [9.17, 15) is 4.39 Å². The minimum Gasteiger partial charge on any atom is -0.381 e. The number of hydrogen-bond acceptors (Lipinski definition) is 3. The Balaban J connectivity index is 1.95. The van der Waals surface area contributed by atoms with Gasteiger partial charge in [0.15, 0.2) is 0 Å². The molecule has 0 aromatic heterocycles. The first-order valence-electron chi connectivity index (χ1n) is 6.37. The lowest BCUT2D eigenvalue weighted by atomic mass is 10.2. The summed E-state index contributed by atoms with van der Waals surface area (Å²) < 4.78 is 13.3. The summed E-state index contributed by atoms with van der Waals surface area (Å²) in [6, 6.07) is 6.57. The second-order valence-electron chi connectivity index (χ2n) is 4.89. The molecule has 0 amide bonds. The minimum atomic E-state index is -0.370. The van der Waals surface area contributed by atoms with Crippen LogP contribution in [0.5, 0.6) is 0 Å². The average molecular weight is 247 g/mol. The molecule has 1 heterocycles. The van der Waals surface area contributed by atoms with Gasteiger partial charge in [0.25, 0.3) is 0 Å². The van der Waals surface area contributed by atoms with Crippen molar-refractivity contribution < 1.29 is 4.39 Å². The highest BCUT2D eigenvalue weighted by Gasteiger charge is 2.14. The van der Waals surface area contributed by atoms with Crippen LogP contribution in [0, 0.1) is 17.1 Å². The molecule has 1 N–H and O–H groups in total. The van der Waals surface area contributed by atoms with Gasteiger partial charge in [-0.1, -0.05) is 0 Å². The molecule has 1 unspecified atom stereocenters. The molecule has 1 atom stereocenters. The molecule has 4 heteroatoms. The Labute approximate surface area is 107 Å². The standard InChI is InChI=1S/C14H18FN3/c1-11(10-18-4-2-3-5-18)17-14-7-12(9-16)6-13(15)8-14/h6-8,11,17H,2-5,10H2,1H3. The number of nitriles is 1. The van der Waals surface area contributed by atoms with Crippen molar-refractivity contribution in [1.82, 2.24) is 4.90 Å². The fourth-order valence-electron chi connectivity index (χ4n) is 2.42. The SMILES string of the molecule is CC(CN1CCCC1)Nc1cc(F)cc(C#N)c1. The highest BCUT2D eigenvalue weighted by molar-refractivity contribution is 5.50. The number of halogens is 1. The van der Waals surface area contributed by atoms with Crippen molar-refractivity contribution in [3.8, 4) is 6.07 Å². The Morgan fingerprint density at radius 1 is 1.39 bits per heavy atom. The maximum atomic E-state index is 13.3. The number of rotatable bonds is 4. The summed E-state index contributed by atoms with van der Waals surface area (Å²) >= 11 is 0. The van der Waals surface area contributed by atoms with Crippen molar-refractivity contribution in [2.45, 2.75) is 25.8 Å². The van der Waals surface area contributed by atoms with Gasteiger partial charge in [-0.15, -0.1) is 0 Å². The third-order valence-electron chi connectivity index (χ3n) is 3.17. The van der Waals surface area contributed by atoms with Gasteiger partial charge in [0, 0.05) is 18.3 Å². The topological polar surface area (TPSA) is 39.1 Å². The van der Waals surface area contributed by atoms with E-state index in [1.165, 1.54) is 25.0 Å². The summed E-state index contributed by atoms with van der Waals surface area (Å²) in [5.74, 6) is -0.370. The maximum absolute atomic E-state index is 13.3. The van der Waals surface area contributed by atoms with Gasteiger partial charge in [-0.2, -0.15) is 5.26 Å². The molecule has 96 valence electrons. The minimum absolute atomic E-state index is 0.247. The van der Waals surface area contributed by atoms with Crippen LogP contribution in [-0.4, -0.2) is 30.6 Å². The Kier molecular flexibility index (Phi) is 4.16. The van der Waals surface area contributed by atoms with Gasteiger partial charge in [-0.05, 0) is 51.1 Å². The number of benzene rings is 1. The Morgan fingerprint density at radius 2 is 2.11 bits per heavy atom. The van der Waals surface area contributed by atoms with Gasteiger partial charge in [-0.25, -0.2) is 4.39 Å². The molecule has 1 aromatic rings. The van der Waals surface area contributed by atoms with E-state index in [-0.39, 0.29) is 11.9 Å². The van der Waals surface area contributed by atoms with Crippen LogP contribution in [0.25, 0.3) is 0 Å². The van der Waals surface area contributed by atoms with Gasteiger partial charge in [0.1, 0.15) is 5.82 Å². The van der Waals surface area contributed by atoms with E-state index in [0.29, 0.717) is 11.3 Å². The monoisotopic (exact) mass is 247 g/mol. The van der Waals surface area contributed by atoms with Crippen LogP contribution < -0.4 is 5.32 Å². The molecule has 1 saturated heterocycles. The summed E-state index contributed by atoms with van der Waals surface area (Å²) in [5.41, 5.74) is 1.03. The van der Waals surface area contributed by atoms with Crippen LogP contribution in [-0.2, 0) is 0 Å². The predicted molar refractivity (Wildman–Crippen MR) is 69.9 cm³/mol. The Morgan fingerprint density at radius 3 is 2.78 bits per heavy atom. The third-order valence-corrected chi connectivity index (χ3v) is 3.17. The summed E-state index contributed by atoms with van der Waals surface area (Å²) in [6.45, 7) is 5.34. The molecular formula is C14H18FN3. The molecule has 1 aliphatic heterocycles. The molecule has 1 fully saturated rings. The van der Waals surface area contributed by atoms with Crippen LogP contribution in [0.3, 0.4) is 0 Å². The van der Waals surface area contributed by atoms with Crippen molar-refractivity contribution in [2.75, 3.05) is 25.0 Å². The smallest absolute Gasteiger partial charge is 0.126 e. The molecule has 0 bridgehead atoms. The third kappa shape index (κ3) is 3.44. The molecule has 3 nitrogen and oxygen atoms in total. The lowest BCUT2D eigenvalue weighted by Crippen LogP contribution is -2.32. The van der Waals surface area contributed by atoms with Crippen LogP contribution in [0.2, 0.25) is 0 Å². The predicted octanol–water partition coefficient (Wildman–Crippen LogP) is 2.59. The van der Waals surface area contributed by atoms with E-state index in [0.717, 1.165) is 19.6 Å². The largest absolute Gasteiger partial charge is 0.381 e. The van der Waals surface area contributed by atoms with Crippen molar-refractivity contribution in [1.29, 1.82) is 5.26 Å². The molecule has 18 heavy (non-hydrogen) atoms. The molecule has 2 rings (SSSR count). The van der Waals surface area contributed by atoms with Crippen LogP contribution >= 0.6 is 0 Å². The van der Waals surface area contributed by atoms with Crippen molar-refractivity contribution >= 4 is 5.69 Å². The zero-order valence-corrected chi connectivity index (χ0v) is 10.6. The van der Waals surface area contributed by atoms with E-state index >= 15 is 0 Å². The average Bonchev–Trinajstić information content (AvgIpc) is 2.80. The van der Waals surface area contributed by atoms with E-state index in [2.05, 4.69) is 17.1 Å². The van der Waals surface area contributed by atoms with E-state index in [4.69, 9.17) is 5.26 Å². The fourth-order valence-corrected chi connectivity index (χ4v) is 2.42. The summed E-state index contributed by atoms with van der Waals surface area (Å²) in [4.78, 5) is 2.40. The highest BCUT2D eigenvalue weighted by atomic mass is 19.1. The first-order valence-corrected chi connectivity index (χ1v) is 6.37. The molecule has 0 aliphatic carbocycles. The van der Waals surface area contributed by atoms with Gasteiger partial charge >= 0.3 is 0 Å². The number of hydrogen-bond donors (Lipinski definition) is 1. The van der Waals surface area contributed by atoms with Gasteiger partial charge in [0.05, 0.1) is 11.6 Å². The molecular weight excluding hydrogens is 229 g/mol. The quantitative estimate of drug-likeness (QED) is 0.889. The van der Waals surface area contributed by atoms with Crippen LogP contribution in [0.15, 0.2) is 18.2 Å². The van der Waals surface area contributed by atoms with Crippen LogP contribution in [0.1, 0.15) is 25.3 Å². The van der Waals surface area contributed by atoms with Crippen molar-refractivity contribution in [3.05, 3.63) is 29.6 Å². The fraction of sp³-hybridized carbons (Fsp3) is 0.500. The second-order valence-corrected chi connectivity index (χ2v) is 4.89. The second kappa shape index (κ2) is 5.83. The van der Waals surface area contributed by atoms with Crippen LogP contribution in [0.4, 0.5) is 10.1 Å². The summed E-state index contributed by atoms with van der Waals surface area (Å²) in [5, 5.41) is 12.0. The lowest BCUT2D eigenvalue weighted by Gasteiger charge is -2.22. The normalized spacial score (nSPS) is 17.4.